The second-order valence-corrected chi connectivity index (χ2v) is 4.56. The van der Waals surface area contributed by atoms with Crippen LogP contribution in [0.3, 0.4) is 0 Å². The molecule has 0 unspecified atom stereocenters. The van der Waals surface area contributed by atoms with Crippen LogP contribution in [0.2, 0.25) is 0 Å². The number of ether oxygens (including phenoxy) is 2. The Morgan fingerprint density at radius 2 is 2.06 bits per heavy atom. The molecule has 0 atom stereocenters. The van der Waals surface area contributed by atoms with E-state index in [1.54, 1.807) is 13.2 Å². The van der Waals surface area contributed by atoms with E-state index in [1.807, 2.05) is 18.2 Å². The average Bonchev–Trinajstić information content (AvgIpc) is 2.37. The maximum Gasteiger partial charge on any atom is 0.338 e. The van der Waals surface area contributed by atoms with E-state index in [9.17, 15) is 4.79 Å². The van der Waals surface area contributed by atoms with Crippen molar-refractivity contribution in [2.24, 2.45) is 0 Å². The summed E-state index contributed by atoms with van der Waals surface area (Å²) in [6.07, 6.45) is 2.46. The molecule has 1 aromatic carbocycles. The highest BCUT2D eigenvalue weighted by Gasteiger charge is 2.28. The number of rotatable bonds is 5. The Bertz CT molecular complexity index is 413. The van der Waals surface area contributed by atoms with Gasteiger partial charge in [-0.15, -0.1) is 0 Å². The Hall–Kier alpha value is -1.39. The molecule has 0 bridgehead atoms. The molecule has 0 aliphatic heterocycles. The number of methoxy groups -OCH3 is 2. The highest BCUT2D eigenvalue weighted by atomic mass is 16.5. The fourth-order valence-corrected chi connectivity index (χ4v) is 2.16. The molecule has 0 radical (unpaired) electrons. The van der Waals surface area contributed by atoms with Gasteiger partial charge in [-0.25, -0.2) is 4.79 Å². The molecule has 0 saturated heterocycles. The number of hydrogen-bond donors (Lipinski definition) is 1. The summed E-state index contributed by atoms with van der Waals surface area (Å²) in [7, 11) is 3.15. The zero-order valence-electron chi connectivity index (χ0n) is 10.8. The Balaban J connectivity index is 1.91. The smallest absolute Gasteiger partial charge is 0.338 e. The molecule has 1 N–H and O–H groups in total. The van der Waals surface area contributed by atoms with Crippen LogP contribution in [0.15, 0.2) is 24.3 Å². The van der Waals surface area contributed by atoms with Gasteiger partial charge in [-0.3, -0.25) is 0 Å². The van der Waals surface area contributed by atoms with Crippen molar-refractivity contribution in [1.29, 1.82) is 0 Å². The molecule has 1 aliphatic carbocycles. The van der Waals surface area contributed by atoms with Crippen molar-refractivity contribution in [2.75, 3.05) is 14.2 Å². The van der Waals surface area contributed by atoms with Crippen LogP contribution in [-0.4, -0.2) is 32.3 Å². The van der Waals surface area contributed by atoms with E-state index in [4.69, 9.17) is 9.47 Å². The van der Waals surface area contributed by atoms with Gasteiger partial charge in [0.05, 0.1) is 18.8 Å². The number of carbonyl (C=O) groups is 1. The van der Waals surface area contributed by atoms with Crippen LogP contribution < -0.4 is 5.32 Å². The molecule has 98 valence electrons. The fourth-order valence-electron chi connectivity index (χ4n) is 2.16. The summed E-state index contributed by atoms with van der Waals surface area (Å²) in [5.41, 5.74) is 1.61. The molecular weight excluding hydrogens is 230 g/mol. The summed E-state index contributed by atoms with van der Waals surface area (Å²) < 4.78 is 10.0. The largest absolute Gasteiger partial charge is 0.465 e. The van der Waals surface area contributed by atoms with Gasteiger partial charge in [-0.2, -0.15) is 0 Å². The van der Waals surface area contributed by atoms with Crippen molar-refractivity contribution < 1.29 is 14.3 Å². The van der Waals surface area contributed by atoms with Crippen molar-refractivity contribution in [2.45, 2.75) is 31.5 Å². The van der Waals surface area contributed by atoms with E-state index in [-0.39, 0.29) is 5.97 Å². The summed E-state index contributed by atoms with van der Waals surface area (Å²) in [5.74, 6) is -0.282. The third kappa shape index (κ3) is 2.89. The van der Waals surface area contributed by atoms with Gasteiger partial charge in [0, 0.05) is 19.7 Å². The molecule has 4 nitrogen and oxygen atoms in total. The topological polar surface area (TPSA) is 47.6 Å². The monoisotopic (exact) mass is 249 g/mol. The third-order valence-corrected chi connectivity index (χ3v) is 3.43. The van der Waals surface area contributed by atoms with Crippen molar-refractivity contribution >= 4 is 5.97 Å². The van der Waals surface area contributed by atoms with Gasteiger partial charge in [0.15, 0.2) is 0 Å². The number of benzene rings is 1. The van der Waals surface area contributed by atoms with E-state index < -0.39 is 0 Å². The Kier molecular flexibility index (Phi) is 4.33. The van der Waals surface area contributed by atoms with Crippen molar-refractivity contribution in [3.05, 3.63) is 35.4 Å². The van der Waals surface area contributed by atoms with Crippen LogP contribution in [0, 0.1) is 0 Å². The predicted molar refractivity (Wildman–Crippen MR) is 68.4 cm³/mol. The van der Waals surface area contributed by atoms with Gasteiger partial charge in [-0.05, 0) is 24.5 Å². The van der Waals surface area contributed by atoms with E-state index >= 15 is 0 Å². The maximum absolute atomic E-state index is 11.6. The first-order valence-corrected chi connectivity index (χ1v) is 6.17. The lowest BCUT2D eigenvalue weighted by Crippen LogP contribution is -2.44. The van der Waals surface area contributed by atoms with E-state index in [1.165, 1.54) is 7.11 Å². The Morgan fingerprint density at radius 1 is 1.33 bits per heavy atom. The molecule has 0 amide bonds. The lowest BCUT2D eigenvalue weighted by Gasteiger charge is -2.34. The summed E-state index contributed by atoms with van der Waals surface area (Å²) in [6.45, 7) is 0.687. The minimum Gasteiger partial charge on any atom is -0.465 e. The molecule has 18 heavy (non-hydrogen) atoms. The Morgan fingerprint density at radius 3 is 2.72 bits per heavy atom. The number of hydrogen-bond acceptors (Lipinski definition) is 4. The quantitative estimate of drug-likeness (QED) is 0.807. The van der Waals surface area contributed by atoms with E-state index in [0.717, 1.165) is 18.4 Å². The second kappa shape index (κ2) is 5.98. The van der Waals surface area contributed by atoms with Gasteiger partial charge >= 0.3 is 5.97 Å². The molecule has 1 fully saturated rings. The van der Waals surface area contributed by atoms with Crippen molar-refractivity contribution in [1.82, 2.24) is 5.32 Å². The first-order chi connectivity index (χ1) is 8.74. The zero-order chi connectivity index (χ0) is 13.0. The molecule has 1 aliphatic rings. The van der Waals surface area contributed by atoms with Crippen LogP contribution >= 0.6 is 0 Å². The van der Waals surface area contributed by atoms with E-state index in [0.29, 0.717) is 24.3 Å². The van der Waals surface area contributed by atoms with Gasteiger partial charge < -0.3 is 14.8 Å². The van der Waals surface area contributed by atoms with Crippen molar-refractivity contribution in [3.8, 4) is 0 Å². The van der Waals surface area contributed by atoms with Gasteiger partial charge in [-0.1, -0.05) is 18.2 Å². The van der Waals surface area contributed by atoms with Gasteiger partial charge in [0.1, 0.15) is 0 Å². The first-order valence-electron chi connectivity index (χ1n) is 6.17. The normalized spacial score (nSPS) is 22.3. The van der Waals surface area contributed by atoms with Gasteiger partial charge in [0.25, 0.3) is 0 Å². The van der Waals surface area contributed by atoms with Crippen LogP contribution in [-0.2, 0) is 16.0 Å². The van der Waals surface area contributed by atoms with Crippen LogP contribution in [0.1, 0.15) is 28.8 Å². The molecule has 4 heteroatoms. The maximum atomic E-state index is 11.6. The lowest BCUT2D eigenvalue weighted by molar-refractivity contribution is 0.0169. The summed E-state index contributed by atoms with van der Waals surface area (Å²) in [6, 6.07) is 8.01. The van der Waals surface area contributed by atoms with E-state index in [2.05, 4.69) is 5.32 Å². The minimum atomic E-state index is -0.282. The molecule has 2 rings (SSSR count). The average molecular weight is 249 g/mol. The molecule has 1 saturated carbocycles. The SMILES string of the molecule is COC(=O)c1ccccc1CNC1CC(OC)C1. The number of nitrogens with one attached hydrogen (secondary N) is 1. The molecule has 0 heterocycles. The lowest BCUT2D eigenvalue weighted by atomic mass is 9.89. The highest BCUT2D eigenvalue weighted by Crippen LogP contribution is 2.23. The number of carbonyl (C=O) groups excluding carboxylic acids is 1. The van der Waals surface area contributed by atoms with Crippen molar-refractivity contribution in [3.63, 3.8) is 0 Å². The standard InChI is InChI=1S/C14H19NO3/c1-17-12-7-11(8-12)15-9-10-5-3-4-6-13(10)14(16)18-2/h3-6,11-12,15H,7-9H2,1-2H3. The zero-order valence-corrected chi connectivity index (χ0v) is 10.8. The van der Waals surface area contributed by atoms with Crippen LogP contribution in [0.4, 0.5) is 0 Å². The Labute approximate surface area is 107 Å². The summed E-state index contributed by atoms with van der Waals surface area (Å²) in [5, 5.41) is 3.43. The minimum absolute atomic E-state index is 0.282. The summed E-state index contributed by atoms with van der Waals surface area (Å²) >= 11 is 0. The van der Waals surface area contributed by atoms with Crippen LogP contribution in [0.25, 0.3) is 0 Å². The number of esters is 1. The first kappa shape index (κ1) is 13.1. The summed E-state index contributed by atoms with van der Waals surface area (Å²) in [4.78, 5) is 11.6. The third-order valence-electron chi connectivity index (χ3n) is 3.43. The predicted octanol–water partition coefficient (Wildman–Crippen LogP) is 1.74. The molecular formula is C14H19NO3. The van der Waals surface area contributed by atoms with Gasteiger partial charge in [0.2, 0.25) is 0 Å². The van der Waals surface area contributed by atoms with Crippen LogP contribution in [0.5, 0.6) is 0 Å². The molecule has 1 aromatic rings. The second-order valence-electron chi connectivity index (χ2n) is 4.56. The molecule has 0 spiro atoms. The molecule has 0 aromatic heterocycles. The fraction of sp³-hybridized carbons (Fsp3) is 0.500. The highest BCUT2D eigenvalue weighted by molar-refractivity contribution is 5.90.